The highest BCUT2D eigenvalue weighted by Gasteiger charge is 2.27. The Bertz CT molecular complexity index is 419. The Morgan fingerprint density at radius 2 is 2.28 bits per heavy atom. The van der Waals surface area contributed by atoms with Crippen LogP contribution in [0.1, 0.15) is 38.2 Å². The zero-order valence-electron chi connectivity index (χ0n) is 10.9. The van der Waals surface area contributed by atoms with E-state index in [2.05, 4.69) is 11.0 Å². The normalized spacial score (nSPS) is 20.9. The number of carbonyl (C=O) groups is 1. The van der Waals surface area contributed by atoms with E-state index in [1.807, 2.05) is 25.1 Å². The van der Waals surface area contributed by atoms with Crippen molar-refractivity contribution in [2.45, 2.75) is 45.2 Å². The molecule has 0 bridgehead atoms. The molecule has 1 atom stereocenters. The van der Waals surface area contributed by atoms with E-state index in [-0.39, 0.29) is 6.04 Å². The Balaban J connectivity index is 2.07. The van der Waals surface area contributed by atoms with E-state index in [1.165, 1.54) is 18.4 Å². The van der Waals surface area contributed by atoms with E-state index >= 15 is 0 Å². The second-order valence-electron chi connectivity index (χ2n) is 4.93. The Kier molecular flexibility index (Phi) is 4.79. The molecule has 0 radical (unpaired) electrons. The first-order chi connectivity index (χ1) is 8.70. The molecule has 3 heteroatoms. The summed E-state index contributed by atoms with van der Waals surface area (Å²) in [5.41, 5.74) is 1.19. The van der Waals surface area contributed by atoms with E-state index in [0.717, 1.165) is 24.5 Å². The third kappa shape index (κ3) is 3.33. The van der Waals surface area contributed by atoms with Crippen molar-refractivity contribution in [3.63, 3.8) is 0 Å². The largest absolute Gasteiger partial charge is 0.298 e. The molecule has 0 saturated carbocycles. The van der Waals surface area contributed by atoms with Crippen molar-refractivity contribution in [3.05, 3.63) is 34.9 Å². The summed E-state index contributed by atoms with van der Waals surface area (Å²) in [5, 5.41) is 0.767. The predicted octanol–water partition coefficient (Wildman–Crippen LogP) is 3.67. The minimum absolute atomic E-state index is 0.114. The molecule has 2 rings (SSSR count). The van der Waals surface area contributed by atoms with Crippen LogP contribution < -0.4 is 0 Å². The maximum atomic E-state index is 12.0. The summed E-state index contributed by atoms with van der Waals surface area (Å²) in [4.78, 5) is 14.3. The molecule has 0 aliphatic carbocycles. The molecule has 1 aliphatic heterocycles. The number of hydrogen-bond donors (Lipinski definition) is 0. The van der Waals surface area contributed by atoms with Crippen LogP contribution >= 0.6 is 11.6 Å². The SMILES string of the molecule is CCC(=O)C1CCCCN1Cc1cccc(Cl)c1. The fourth-order valence-corrected chi connectivity index (χ4v) is 2.86. The monoisotopic (exact) mass is 265 g/mol. The highest BCUT2D eigenvalue weighted by atomic mass is 35.5. The summed E-state index contributed by atoms with van der Waals surface area (Å²) in [6, 6.07) is 8.04. The number of hydrogen-bond acceptors (Lipinski definition) is 2. The van der Waals surface area contributed by atoms with E-state index < -0.39 is 0 Å². The van der Waals surface area contributed by atoms with Crippen molar-refractivity contribution >= 4 is 17.4 Å². The summed E-state index contributed by atoms with van der Waals surface area (Å²) >= 11 is 6.00. The van der Waals surface area contributed by atoms with Crippen LogP contribution in [0.25, 0.3) is 0 Å². The van der Waals surface area contributed by atoms with Gasteiger partial charge < -0.3 is 0 Å². The van der Waals surface area contributed by atoms with Gasteiger partial charge in [0.25, 0.3) is 0 Å². The van der Waals surface area contributed by atoms with Gasteiger partial charge in [-0.05, 0) is 37.1 Å². The summed E-state index contributed by atoms with van der Waals surface area (Å²) < 4.78 is 0. The molecule has 1 fully saturated rings. The third-order valence-electron chi connectivity index (χ3n) is 3.61. The lowest BCUT2D eigenvalue weighted by Gasteiger charge is -2.34. The van der Waals surface area contributed by atoms with E-state index in [0.29, 0.717) is 12.2 Å². The quantitative estimate of drug-likeness (QED) is 0.828. The van der Waals surface area contributed by atoms with Gasteiger partial charge in [0.1, 0.15) is 5.78 Å². The maximum Gasteiger partial charge on any atom is 0.149 e. The van der Waals surface area contributed by atoms with Gasteiger partial charge in [0.15, 0.2) is 0 Å². The maximum absolute atomic E-state index is 12.0. The van der Waals surface area contributed by atoms with Crippen LogP contribution in [0, 0.1) is 0 Å². The Morgan fingerprint density at radius 1 is 1.44 bits per heavy atom. The van der Waals surface area contributed by atoms with Gasteiger partial charge in [0.2, 0.25) is 0 Å². The zero-order valence-corrected chi connectivity index (χ0v) is 11.6. The summed E-state index contributed by atoms with van der Waals surface area (Å²) in [6.45, 7) is 3.80. The molecule has 1 aromatic carbocycles. The topological polar surface area (TPSA) is 20.3 Å². The molecule has 1 aromatic rings. The van der Waals surface area contributed by atoms with Gasteiger partial charge in [-0.2, -0.15) is 0 Å². The second kappa shape index (κ2) is 6.35. The fourth-order valence-electron chi connectivity index (χ4n) is 2.65. The molecule has 0 spiro atoms. The molecular formula is C15H20ClNO. The zero-order chi connectivity index (χ0) is 13.0. The highest BCUT2D eigenvalue weighted by molar-refractivity contribution is 6.30. The van der Waals surface area contributed by atoms with Crippen LogP contribution in [0.2, 0.25) is 5.02 Å². The lowest BCUT2D eigenvalue weighted by molar-refractivity contribution is -0.125. The molecule has 0 aromatic heterocycles. The molecule has 2 nitrogen and oxygen atoms in total. The lowest BCUT2D eigenvalue weighted by Crippen LogP contribution is -2.43. The molecule has 1 aliphatic rings. The number of Topliss-reactive ketones (excluding diaryl/α,β-unsaturated/α-hetero) is 1. The number of piperidine rings is 1. The van der Waals surface area contributed by atoms with E-state index in [4.69, 9.17) is 11.6 Å². The number of halogens is 1. The van der Waals surface area contributed by atoms with E-state index in [9.17, 15) is 4.79 Å². The van der Waals surface area contributed by atoms with Gasteiger partial charge in [0.05, 0.1) is 6.04 Å². The van der Waals surface area contributed by atoms with Crippen molar-refractivity contribution < 1.29 is 4.79 Å². The third-order valence-corrected chi connectivity index (χ3v) is 3.84. The number of benzene rings is 1. The predicted molar refractivity (Wildman–Crippen MR) is 74.8 cm³/mol. The average molecular weight is 266 g/mol. The van der Waals surface area contributed by atoms with Gasteiger partial charge in [-0.1, -0.05) is 37.1 Å². The fraction of sp³-hybridized carbons (Fsp3) is 0.533. The van der Waals surface area contributed by atoms with Crippen LogP contribution in [0.15, 0.2) is 24.3 Å². The Labute approximate surface area is 114 Å². The van der Waals surface area contributed by atoms with E-state index in [1.54, 1.807) is 0 Å². The standard InChI is InChI=1S/C15H20ClNO/c1-2-15(18)14-8-3-4-9-17(14)11-12-6-5-7-13(16)10-12/h5-7,10,14H,2-4,8-9,11H2,1H3. The molecule has 1 saturated heterocycles. The van der Waals surface area contributed by atoms with Crippen molar-refractivity contribution in [1.29, 1.82) is 0 Å². The van der Waals surface area contributed by atoms with Gasteiger partial charge in [-0.3, -0.25) is 9.69 Å². The number of ketones is 1. The second-order valence-corrected chi connectivity index (χ2v) is 5.37. The minimum atomic E-state index is 0.114. The van der Waals surface area contributed by atoms with Gasteiger partial charge in [-0.25, -0.2) is 0 Å². The van der Waals surface area contributed by atoms with Crippen LogP contribution in [-0.4, -0.2) is 23.3 Å². The molecule has 0 N–H and O–H groups in total. The van der Waals surface area contributed by atoms with Gasteiger partial charge in [0, 0.05) is 18.0 Å². The average Bonchev–Trinajstić information content (AvgIpc) is 2.38. The van der Waals surface area contributed by atoms with Crippen molar-refractivity contribution in [1.82, 2.24) is 4.90 Å². The number of nitrogens with zero attached hydrogens (tertiary/aromatic N) is 1. The molecule has 18 heavy (non-hydrogen) atoms. The first-order valence-electron chi connectivity index (χ1n) is 6.72. The van der Waals surface area contributed by atoms with Crippen molar-refractivity contribution in [3.8, 4) is 0 Å². The lowest BCUT2D eigenvalue weighted by atomic mass is 9.96. The molecule has 98 valence electrons. The highest BCUT2D eigenvalue weighted by Crippen LogP contribution is 2.22. The number of likely N-dealkylation sites (tertiary alicyclic amines) is 1. The van der Waals surface area contributed by atoms with Gasteiger partial charge in [-0.15, -0.1) is 0 Å². The molecule has 1 unspecified atom stereocenters. The summed E-state index contributed by atoms with van der Waals surface area (Å²) in [6.07, 6.45) is 4.00. The van der Waals surface area contributed by atoms with Crippen LogP contribution in [0.5, 0.6) is 0 Å². The van der Waals surface area contributed by atoms with Crippen molar-refractivity contribution in [2.75, 3.05) is 6.54 Å². The van der Waals surface area contributed by atoms with Crippen LogP contribution in [0.4, 0.5) is 0 Å². The molecule has 0 amide bonds. The van der Waals surface area contributed by atoms with Gasteiger partial charge >= 0.3 is 0 Å². The van der Waals surface area contributed by atoms with Crippen LogP contribution in [0.3, 0.4) is 0 Å². The Hall–Kier alpha value is -0.860. The van der Waals surface area contributed by atoms with Crippen molar-refractivity contribution in [2.24, 2.45) is 0 Å². The first-order valence-corrected chi connectivity index (χ1v) is 7.09. The Morgan fingerprint density at radius 3 is 3.00 bits per heavy atom. The molecule has 1 heterocycles. The summed E-state index contributed by atoms with van der Waals surface area (Å²) in [5.74, 6) is 0.372. The molecular weight excluding hydrogens is 246 g/mol. The smallest absolute Gasteiger partial charge is 0.149 e. The minimum Gasteiger partial charge on any atom is -0.298 e. The number of rotatable bonds is 4. The summed E-state index contributed by atoms with van der Waals surface area (Å²) in [7, 11) is 0. The van der Waals surface area contributed by atoms with Crippen LogP contribution in [-0.2, 0) is 11.3 Å². The first kappa shape index (κ1) is 13.6. The number of carbonyl (C=O) groups excluding carboxylic acids is 1.